The predicted octanol–water partition coefficient (Wildman–Crippen LogP) is 5.28. The van der Waals surface area contributed by atoms with Crippen molar-refractivity contribution in [1.82, 2.24) is 0 Å². The molecule has 3 nitrogen and oxygen atoms in total. The summed E-state index contributed by atoms with van der Waals surface area (Å²) < 4.78 is 62.6. The van der Waals surface area contributed by atoms with Crippen molar-refractivity contribution in [3.05, 3.63) is 0 Å². The van der Waals surface area contributed by atoms with Crippen molar-refractivity contribution in [3.8, 4) is 0 Å². The maximum Gasteiger partial charge on any atom is 0.522 e. The molecule has 0 aromatic rings. The van der Waals surface area contributed by atoms with Crippen LogP contribution in [0.5, 0.6) is 0 Å². The van der Waals surface area contributed by atoms with E-state index in [2.05, 4.69) is 20.8 Å². The summed E-state index contributed by atoms with van der Waals surface area (Å²) in [6, 6.07) is 0. The first-order chi connectivity index (χ1) is 9.60. The van der Waals surface area contributed by atoms with Crippen molar-refractivity contribution in [1.29, 1.82) is 0 Å². The number of hydrogen-bond donors (Lipinski definition) is 1. The molecule has 0 saturated carbocycles. The summed E-state index contributed by atoms with van der Waals surface area (Å²) in [5.74, 6) is 0. The minimum atomic E-state index is -5.84. The molecule has 0 rings (SSSR count). The fourth-order valence-electron chi connectivity index (χ4n) is 1.66. The van der Waals surface area contributed by atoms with Gasteiger partial charge in [0.05, 0.1) is 0 Å². The summed E-state index contributed by atoms with van der Waals surface area (Å²) in [5, 5.41) is 0. The van der Waals surface area contributed by atoms with Gasteiger partial charge in [-0.1, -0.05) is 0 Å². The predicted molar refractivity (Wildman–Crippen MR) is 82.5 cm³/mol. The zero-order chi connectivity index (χ0) is 16.9. The summed E-state index contributed by atoms with van der Waals surface area (Å²) in [6.07, 6.45) is 8.85. The van der Waals surface area contributed by atoms with E-state index in [1.807, 2.05) is 0 Å². The van der Waals surface area contributed by atoms with Crippen LogP contribution >= 0.6 is 0 Å². The molecular formula is C13H28F3O3SSn. The minimum Gasteiger partial charge on any atom is -0.279 e. The molecule has 0 aliphatic carbocycles. The standard InChI is InChI=1S/3C4H9.CHF3O3S.Sn/c3*1-3-4-2;2-1(3,4)8(5,6)7;/h3*1,3-4H2,2H3;(H,5,6,7);. The van der Waals surface area contributed by atoms with E-state index < -0.39 is 35.4 Å². The molecule has 0 saturated heterocycles. The third-order valence-corrected chi connectivity index (χ3v) is 12.6. The Balaban J connectivity index is 0. The molecule has 0 bridgehead atoms. The van der Waals surface area contributed by atoms with Gasteiger partial charge in [-0.3, -0.25) is 4.55 Å². The quantitative estimate of drug-likeness (QED) is 0.302. The number of unbranched alkanes of at least 4 members (excludes halogenated alkanes) is 3. The number of rotatable bonds is 9. The summed E-state index contributed by atoms with van der Waals surface area (Å²) in [5.41, 5.74) is -5.53. The van der Waals surface area contributed by atoms with Crippen molar-refractivity contribution >= 4 is 29.9 Å². The van der Waals surface area contributed by atoms with Crippen LogP contribution in [0.1, 0.15) is 59.3 Å². The van der Waals surface area contributed by atoms with E-state index in [9.17, 15) is 13.2 Å². The first kappa shape index (κ1) is 23.8. The van der Waals surface area contributed by atoms with E-state index >= 15 is 0 Å². The molecule has 129 valence electrons. The molecule has 0 aromatic carbocycles. The average molecular weight is 440 g/mol. The monoisotopic (exact) mass is 441 g/mol. The van der Waals surface area contributed by atoms with Crippen molar-refractivity contribution < 1.29 is 26.1 Å². The molecule has 0 unspecified atom stereocenters. The smallest absolute Gasteiger partial charge is 0.279 e. The maximum absolute atomic E-state index is 10.7. The van der Waals surface area contributed by atoms with Crippen molar-refractivity contribution in [3.63, 3.8) is 0 Å². The van der Waals surface area contributed by atoms with E-state index in [1.54, 1.807) is 13.3 Å². The largest absolute Gasteiger partial charge is 0.522 e. The Morgan fingerprint density at radius 1 is 0.857 bits per heavy atom. The Morgan fingerprint density at radius 2 is 1.10 bits per heavy atom. The minimum absolute atomic E-state index is 0.839. The van der Waals surface area contributed by atoms with E-state index in [1.165, 1.54) is 38.5 Å². The van der Waals surface area contributed by atoms with Crippen LogP contribution in [0.2, 0.25) is 13.3 Å². The molecular weight excluding hydrogens is 412 g/mol. The van der Waals surface area contributed by atoms with Gasteiger partial charge >= 0.3 is 108 Å². The van der Waals surface area contributed by atoms with Gasteiger partial charge in [0.2, 0.25) is 0 Å². The molecule has 0 heterocycles. The average Bonchev–Trinajstić information content (AvgIpc) is 2.36. The van der Waals surface area contributed by atoms with E-state index in [0.29, 0.717) is 0 Å². The fourth-order valence-corrected chi connectivity index (χ4v) is 11.1. The SMILES string of the molecule is CCC[CH2][Sn]([CH2]CCC)[CH2]CCC.O=S(=O)(O)C(F)(F)F. The van der Waals surface area contributed by atoms with E-state index in [-0.39, 0.29) is 0 Å². The molecule has 0 atom stereocenters. The third kappa shape index (κ3) is 15.2. The van der Waals surface area contributed by atoms with Crippen molar-refractivity contribution in [2.24, 2.45) is 0 Å². The second-order valence-electron chi connectivity index (χ2n) is 4.98. The zero-order valence-electron chi connectivity index (χ0n) is 13.2. The van der Waals surface area contributed by atoms with Gasteiger partial charge in [-0.05, 0) is 0 Å². The summed E-state index contributed by atoms with van der Waals surface area (Å²) in [7, 11) is -5.84. The molecule has 0 aliphatic rings. The Morgan fingerprint density at radius 3 is 1.24 bits per heavy atom. The molecule has 0 aliphatic heterocycles. The van der Waals surface area contributed by atoms with Gasteiger partial charge in [0.1, 0.15) is 0 Å². The Kier molecular flexibility index (Phi) is 14.7. The zero-order valence-corrected chi connectivity index (χ0v) is 16.8. The topological polar surface area (TPSA) is 54.4 Å². The van der Waals surface area contributed by atoms with Gasteiger partial charge in [-0.2, -0.15) is 21.6 Å². The second kappa shape index (κ2) is 13.0. The van der Waals surface area contributed by atoms with Crippen LogP contribution < -0.4 is 0 Å². The van der Waals surface area contributed by atoms with Crippen LogP contribution in [0, 0.1) is 0 Å². The molecule has 1 radical (unpaired) electrons. The summed E-state index contributed by atoms with van der Waals surface area (Å²) in [6.45, 7) is 7.00. The van der Waals surface area contributed by atoms with Crippen LogP contribution in [0.15, 0.2) is 0 Å². The Bertz CT molecular complexity index is 313. The van der Waals surface area contributed by atoms with E-state index in [0.717, 1.165) is 0 Å². The van der Waals surface area contributed by atoms with Gasteiger partial charge in [0.15, 0.2) is 0 Å². The molecule has 0 fully saturated rings. The number of alkyl halides is 3. The molecule has 8 heteroatoms. The summed E-state index contributed by atoms with van der Waals surface area (Å²) in [4.78, 5) is 0. The fraction of sp³-hybridized carbons (Fsp3) is 1.00. The summed E-state index contributed by atoms with van der Waals surface area (Å²) >= 11 is -0.839. The van der Waals surface area contributed by atoms with Crippen LogP contribution in [-0.2, 0) is 10.1 Å². The molecule has 1 N–H and O–H groups in total. The van der Waals surface area contributed by atoms with Crippen molar-refractivity contribution in [2.75, 3.05) is 0 Å². The van der Waals surface area contributed by atoms with Crippen LogP contribution in [0.25, 0.3) is 0 Å². The first-order valence-corrected chi connectivity index (χ1v) is 15.0. The van der Waals surface area contributed by atoms with Gasteiger partial charge in [-0.25, -0.2) is 0 Å². The Labute approximate surface area is 134 Å². The molecule has 0 spiro atoms. The van der Waals surface area contributed by atoms with Gasteiger partial charge in [-0.15, -0.1) is 0 Å². The van der Waals surface area contributed by atoms with Crippen LogP contribution in [-0.4, -0.2) is 38.2 Å². The maximum atomic E-state index is 10.7. The molecule has 21 heavy (non-hydrogen) atoms. The van der Waals surface area contributed by atoms with Gasteiger partial charge in [0, 0.05) is 0 Å². The molecule has 0 aromatic heterocycles. The van der Waals surface area contributed by atoms with E-state index in [4.69, 9.17) is 13.0 Å². The van der Waals surface area contributed by atoms with Gasteiger partial charge < -0.3 is 0 Å². The third-order valence-electron chi connectivity index (χ3n) is 2.94. The van der Waals surface area contributed by atoms with Crippen LogP contribution in [0.3, 0.4) is 0 Å². The normalized spacial score (nSPS) is 12.2. The number of halogens is 3. The second-order valence-corrected chi connectivity index (χ2v) is 15.0. The van der Waals surface area contributed by atoms with Crippen LogP contribution in [0.4, 0.5) is 13.2 Å². The number of hydrogen-bond acceptors (Lipinski definition) is 2. The van der Waals surface area contributed by atoms with Crippen molar-refractivity contribution in [2.45, 2.75) is 78.1 Å². The Hall–Kier alpha value is 0.499. The first-order valence-electron chi connectivity index (χ1n) is 7.47. The molecule has 0 amide bonds. The van der Waals surface area contributed by atoms with Gasteiger partial charge in [0.25, 0.3) is 0 Å².